The molecular formula is C22H19N3O. The first-order valence-corrected chi connectivity index (χ1v) is 8.54. The van der Waals surface area contributed by atoms with Crippen LogP contribution in [0.15, 0.2) is 85.2 Å². The minimum Gasteiger partial charge on any atom is -0.337 e. The maximum atomic E-state index is 12.8. The first-order valence-electron chi connectivity index (χ1n) is 8.54. The van der Waals surface area contributed by atoms with Gasteiger partial charge in [-0.3, -0.25) is 4.79 Å². The van der Waals surface area contributed by atoms with E-state index in [2.05, 4.69) is 5.10 Å². The Morgan fingerprint density at radius 3 is 2.50 bits per heavy atom. The molecular weight excluding hydrogens is 322 g/mol. The number of benzene rings is 3. The van der Waals surface area contributed by atoms with Crippen molar-refractivity contribution in [1.82, 2.24) is 14.7 Å². The zero-order valence-electron chi connectivity index (χ0n) is 14.5. The third kappa shape index (κ3) is 3.22. The highest BCUT2D eigenvalue weighted by Crippen LogP contribution is 2.17. The Morgan fingerprint density at radius 1 is 0.962 bits per heavy atom. The first kappa shape index (κ1) is 16.1. The third-order valence-electron chi connectivity index (χ3n) is 4.42. The molecule has 0 fully saturated rings. The molecule has 0 N–H and O–H groups in total. The van der Waals surface area contributed by atoms with E-state index in [1.807, 2.05) is 90.7 Å². The second-order valence-electron chi connectivity index (χ2n) is 6.35. The molecule has 0 atom stereocenters. The minimum absolute atomic E-state index is 0.00298. The molecule has 4 rings (SSSR count). The maximum Gasteiger partial charge on any atom is 0.253 e. The second kappa shape index (κ2) is 6.84. The summed E-state index contributed by atoms with van der Waals surface area (Å²) in [6, 6.07) is 23.8. The van der Waals surface area contributed by atoms with Gasteiger partial charge in [0.1, 0.15) is 0 Å². The molecule has 0 radical (unpaired) electrons. The number of carbonyl (C=O) groups is 1. The summed E-state index contributed by atoms with van der Waals surface area (Å²) >= 11 is 0. The van der Waals surface area contributed by atoms with Crippen molar-refractivity contribution >= 4 is 16.7 Å². The van der Waals surface area contributed by atoms with Gasteiger partial charge >= 0.3 is 0 Å². The van der Waals surface area contributed by atoms with Gasteiger partial charge < -0.3 is 4.90 Å². The molecule has 26 heavy (non-hydrogen) atoms. The molecule has 3 aromatic carbocycles. The molecule has 4 heteroatoms. The van der Waals surface area contributed by atoms with E-state index < -0.39 is 0 Å². The van der Waals surface area contributed by atoms with Crippen LogP contribution in [0.4, 0.5) is 0 Å². The van der Waals surface area contributed by atoms with Crippen molar-refractivity contribution in [3.8, 4) is 5.69 Å². The van der Waals surface area contributed by atoms with E-state index in [1.165, 1.54) is 0 Å². The van der Waals surface area contributed by atoms with E-state index in [-0.39, 0.29) is 5.91 Å². The van der Waals surface area contributed by atoms with E-state index in [0.717, 1.165) is 22.0 Å². The largest absolute Gasteiger partial charge is 0.337 e. The zero-order valence-corrected chi connectivity index (χ0v) is 14.5. The van der Waals surface area contributed by atoms with Crippen LogP contribution in [0.3, 0.4) is 0 Å². The zero-order chi connectivity index (χ0) is 17.9. The molecule has 0 unspecified atom stereocenters. The highest BCUT2D eigenvalue weighted by Gasteiger charge is 2.13. The van der Waals surface area contributed by atoms with Crippen molar-refractivity contribution in [2.75, 3.05) is 7.05 Å². The summed E-state index contributed by atoms with van der Waals surface area (Å²) in [7, 11) is 1.82. The number of para-hydroxylation sites is 1. The summed E-state index contributed by atoms with van der Waals surface area (Å²) in [5, 5.41) is 6.60. The predicted octanol–water partition coefficient (Wildman–Crippen LogP) is 4.30. The third-order valence-corrected chi connectivity index (χ3v) is 4.42. The molecule has 128 valence electrons. The molecule has 0 aliphatic rings. The first-order chi connectivity index (χ1) is 12.7. The molecule has 0 aliphatic carbocycles. The Hall–Kier alpha value is -3.40. The fraction of sp³-hybridized carbons (Fsp3) is 0.0909. The van der Waals surface area contributed by atoms with Crippen LogP contribution >= 0.6 is 0 Å². The van der Waals surface area contributed by atoms with Crippen LogP contribution in [0.25, 0.3) is 16.5 Å². The molecule has 4 nitrogen and oxygen atoms in total. The van der Waals surface area contributed by atoms with Gasteiger partial charge in [-0.05, 0) is 35.0 Å². The van der Waals surface area contributed by atoms with Crippen molar-refractivity contribution < 1.29 is 4.79 Å². The molecule has 0 saturated heterocycles. The summed E-state index contributed by atoms with van der Waals surface area (Å²) in [5.74, 6) is 0.00298. The number of aromatic nitrogens is 2. The summed E-state index contributed by atoms with van der Waals surface area (Å²) in [6.45, 7) is 0.512. The number of hydrogen-bond donors (Lipinski definition) is 0. The number of amides is 1. The smallest absolute Gasteiger partial charge is 0.253 e. The average molecular weight is 341 g/mol. The van der Waals surface area contributed by atoms with E-state index >= 15 is 0 Å². The number of carbonyl (C=O) groups excluding carboxylic acids is 1. The van der Waals surface area contributed by atoms with Crippen LogP contribution in [-0.2, 0) is 6.54 Å². The molecule has 0 bridgehead atoms. The number of nitrogens with zero attached hydrogens (tertiary/aromatic N) is 3. The van der Waals surface area contributed by atoms with Crippen LogP contribution < -0.4 is 0 Å². The predicted molar refractivity (Wildman–Crippen MR) is 103 cm³/mol. The minimum atomic E-state index is 0.00298. The van der Waals surface area contributed by atoms with Gasteiger partial charge in [0.15, 0.2) is 0 Å². The van der Waals surface area contributed by atoms with Gasteiger partial charge in [-0.2, -0.15) is 5.10 Å². The van der Waals surface area contributed by atoms with Crippen LogP contribution in [0.5, 0.6) is 0 Å². The van der Waals surface area contributed by atoms with Crippen molar-refractivity contribution in [1.29, 1.82) is 0 Å². The Kier molecular flexibility index (Phi) is 4.23. The van der Waals surface area contributed by atoms with E-state index in [0.29, 0.717) is 12.1 Å². The lowest BCUT2D eigenvalue weighted by Gasteiger charge is -2.16. The lowest BCUT2D eigenvalue weighted by molar-refractivity contribution is 0.0785. The highest BCUT2D eigenvalue weighted by atomic mass is 16.2. The number of hydrogen-bond acceptors (Lipinski definition) is 2. The topological polar surface area (TPSA) is 38.1 Å². The number of fused-ring (bicyclic) bond motifs is 1. The lowest BCUT2D eigenvalue weighted by Crippen LogP contribution is -2.26. The van der Waals surface area contributed by atoms with E-state index in [9.17, 15) is 4.79 Å². The van der Waals surface area contributed by atoms with Crippen LogP contribution in [0.1, 0.15) is 15.9 Å². The van der Waals surface area contributed by atoms with Gasteiger partial charge in [0, 0.05) is 30.9 Å². The Morgan fingerprint density at radius 2 is 1.69 bits per heavy atom. The van der Waals surface area contributed by atoms with E-state index in [4.69, 9.17) is 0 Å². The van der Waals surface area contributed by atoms with Crippen molar-refractivity contribution in [2.24, 2.45) is 0 Å². The molecule has 0 saturated carbocycles. The van der Waals surface area contributed by atoms with Crippen molar-refractivity contribution in [2.45, 2.75) is 6.54 Å². The van der Waals surface area contributed by atoms with Crippen molar-refractivity contribution in [3.63, 3.8) is 0 Å². The Bertz CT molecular complexity index is 1050. The second-order valence-corrected chi connectivity index (χ2v) is 6.35. The van der Waals surface area contributed by atoms with Gasteiger partial charge in [-0.1, -0.05) is 48.5 Å². The summed E-state index contributed by atoms with van der Waals surface area (Å²) in [5.41, 5.74) is 2.69. The average Bonchev–Trinajstić information content (AvgIpc) is 3.16. The van der Waals surface area contributed by atoms with Gasteiger partial charge in [0.25, 0.3) is 5.91 Å². The summed E-state index contributed by atoms with van der Waals surface area (Å²) in [6.07, 6.45) is 3.76. The SMILES string of the molecule is CN(Cc1cnn(-c2ccccc2)c1)C(=O)c1ccc2ccccc2c1. The Labute approximate surface area is 152 Å². The van der Waals surface area contributed by atoms with Gasteiger partial charge in [0.05, 0.1) is 11.9 Å². The van der Waals surface area contributed by atoms with Gasteiger partial charge in [-0.25, -0.2) is 4.68 Å². The lowest BCUT2D eigenvalue weighted by atomic mass is 10.1. The quantitative estimate of drug-likeness (QED) is 0.555. The summed E-state index contributed by atoms with van der Waals surface area (Å²) in [4.78, 5) is 14.5. The molecule has 1 amide bonds. The van der Waals surface area contributed by atoms with Crippen LogP contribution in [0.2, 0.25) is 0 Å². The molecule has 0 spiro atoms. The normalized spacial score (nSPS) is 10.8. The van der Waals surface area contributed by atoms with E-state index in [1.54, 1.807) is 11.1 Å². The van der Waals surface area contributed by atoms with Crippen LogP contribution in [-0.4, -0.2) is 27.6 Å². The van der Waals surface area contributed by atoms with Gasteiger partial charge in [0.2, 0.25) is 0 Å². The molecule has 1 heterocycles. The summed E-state index contributed by atoms with van der Waals surface area (Å²) < 4.78 is 1.82. The van der Waals surface area contributed by atoms with Crippen LogP contribution in [0, 0.1) is 0 Å². The maximum absolute atomic E-state index is 12.8. The molecule has 0 aliphatic heterocycles. The fourth-order valence-electron chi connectivity index (χ4n) is 3.05. The van der Waals surface area contributed by atoms with Crippen molar-refractivity contribution in [3.05, 3.63) is 96.3 Å². The van der Waals surface area contributed by atoms with Gasteiger partial charge in [-0.15, -0.1) is 0 Å². The fourth-order valence-corrected chi connectivity index (χ4v) is 3.05. The standard InChI is InChI=1S/C22H19N3O/c1-24(15-17-14-23-25(16-17)21-9-3-2-4-10-21)22(26)20-12-11-18-7-5-6-8-19(18)13-20/h2-14,16H,15H2,1H3. The molecule has 4 aromatic rings. The molecule has 1 aromatic heterocycles. The Balaban J connectivity index is 1.51. The number of rotatable bonds is 4. The highest BCUT2D eigenvalue weighted by molar-refractivity contribution is 5.98. The monoisotopic (exact) mass is 341 g/mol.